The molecule has 1 unspecified atom stereocenters. The summed E-state index contributed by atoms with van der Waals surface area (Å²) in [5.74, 6) is 0.326. The van der Waals surface area contributed by atoms with Crippen LogP contribution in [0.15, 0.2) is 24.3 Å². The number of hydrogen-bond acceptors (Lipinski definition) is 2. The standard InChI is InChI=1S/C11H16NO2S/c1-4-9(2)10-7-5-6-8-11(10)12-15(3,13)14/h5-9H,4H2,1-3H3/q-1. The fourth-order valence-electron chi connectivity index (χ4n) is 1.39. The summed E-state index contributed by atoms with van der Waals surface area (Å²) in [7, 11) is -3.32. The largest absolute Gasteiger partial charge is 0.577 e. The lowest BCUT2D eigenvalue weighted by molar-refractivity contribution is 0.608. The Labute approximate surface area is 91.6 Å². The molecule has 0 aliphatic heterocycles. The first-order chi connectivity index (χ1) is 6.94. The van der Waals surface area contributed by atoms with Crippen molar-refractivity contribution in [1.29, 1.82) is 0 Å². The van der Waals surface area contributed by atoms with Gasteiger partial charge >= 0.3 is 0 Å². The van der Waals surface area contributed by atoms with Crippen molar-refractivity contribution >= 4 is 15.7 Å². The topological polar surface area (TPSA) is 48.2 Å². The maximum atomic E-state index is 11.1. The van der Waals surface area contributed by atoms with E-state index < -0.39 is 10.0 Å². The van der Waals surface area contributed by atoms with Crippen LogP contribution in [-0.2, 0) is 10.0 Å². The van der Waals surface area contributed by atoms with E-state index >= 15 is 0 Å². The van der Waals surface area contributed by atoms with E-state index in [9.17, 15) is 8.42 Å². The third-order valence-corrected chi connectivity index (χ3v) is 2.87. The molecule has 84 valence electrons. The van der Waals surface area contributed by atoms with Crippen LogP contribution in [0.1, 0.15) is 31.7 Å². The van der Waals surface area contributed by atoms with E-state index in [1.54, 1.807) is 12.1 Å². The van der Waals surface area contributed by atoms with Gasteiger partial charge in [0.1, 0.15) is 0 Å². The Morgan fingerprint density at radius 1 is 1.33 bits per heavy atom. The lowest BCUT2D eigenvalue weighted by Gasteiger charge is -2.25. The van der Waals surface area contributed by atoms with Crippen LogP contribution in [0.2, 0.25) is 0 Å². The van der Waals surface area contributed by atoms with E-state index in [2.05, 4.69) is 18.6 Å². The molecule has 0 spiro atoms. The van der Waals surface area contributed by atoms with Crippen molar-refractivity contribution in [3.8, 4) is 0 Å². The Hall–Kier alpha value is -1.03. The summed E-state index contributed by atoms with van der Waals surface area (Å²) in [6, 6.07) is 7.37. The third-order valence-electron chi connectivity index (χ3n) is 2.34. The Balaban J connectivity index is 3.07. The van der Waals surface area contributed by atoms with E-state index in [1.807, 2.05) is 12.1 Å². The Morgan fingerprint density at radius 3 is 2.47 bits per heavy atom. The van der Waals surface area contributed by atoms with Crippen LogP contribution in [-0.4, -0.2) is 14.7 Å². The van der Waals surface area contributed by atoms with Crippen LogP contribution >= 0.6 is 0 Å². The predicted octanol–water partition coefficient (Wildman–Crippen LogP) is 3.16. The highest BCUT2D eigenvalue weighted by molar-refractivity contribution is 7.93. The Kier molecular flexibility index (Phi) is 3.74. The number of sulfonamides is 1. The van der Waals surface area contributed by atoms with Gasteiger partial charge in [-0.3, -0.25) is 0 Å². The molecule has 0 amide bonds. The second kappa shape index (κ2) is 4.66. The van der Waals surface area contributed by atoms with Gasteiger partial charge in [0.05, 0.1) is 10.0 Å². The average molecular weight is 226 g/mol. The highest BCUT2D eigenvalue weighted by Gasteiger charge is 2.04. The van der Waals surface area contributed by atoms with E-state index in [0.717, 1.165) is 18.2 Å². The molecule has 0 aliphatic rings. The Morgan fingerprint density at radius 2 is 1.93 bits per heavy atom. The molecule has 1 atom stereocenters. The van der Waals surface area contributed by atoms with E-state index in [1.165, 1.54) is 0 Å². The highest BCUT2D eigenvalue weighted by atomic mass is 32.2. The van der Waals surface area contributed by atoms with Gasteiger partial charge in [0.25, 0.3) is 0 Å². The lowest BCUT2D eigenvalue weighted by Crippen LogP contribution is -1.96. The predicted molar refractivity (Wildman–Crippen MR) is 63.0 cm³/mol. The first kappa shape index (κ1) is 12.0. The van der Waals surface area contributed by atoms with Crippen molar-refractivity contribution in [2.45, 2.75) is 26.2 Å². The monoisotopic (exact) mass is 226 g/mol. The van der Waals surface area contributed by atoms with Crippen molar-refractivity contribution in [3.63, 3.8) is 0 Å². The summed E-state index contributed by atoms with van der Waals surface area (Å²) in [5.41, 5.74) is 1.56. The molecule has 0 saturated heterocycles. The van der Waals surface area contributed by atoms with Crippen molar-refractivity contribution in [1.82, 2.24) is 0 Å². The van der Waals surface area contributed by atoms with Gasteiger partial charge in [0, 0.05) is 6.26 Å². The van der Waals surface area contributed by atoms with Crippen LogP contribution in [0.3, 0.4) is 0 Å². The van der Waals surface area contributed by atoms with Crippen LogP contribution < -0.4 is 0 Å². The molecule has 1 aromatic rings. The lowest BCUT2D eigenvalue weighted by atomic mass is 9.97. The van der Waals surface area contributed by atoms with Crippen LogP contribution in [0.4, 0.5) is 5.69 Å². The van der Waals surface area contributed by atoms with Crippen LogP contribution in [0.25, 0.3) is 4.72 Å². The fourth-order valence-corrected chi connectivity index (χ4v) is 1.91. The molecule has 0 aliphatic carbocycles. The summed E-state index contributed by atoms with van der Waals surface area (Å²) in [6.07, 6.45) is 2.08. The minimum atomic E-state index is -3.32. The first-order valence-corrected chi connectivity index (χ1v) is 6.80. The zero-order valence-corrected chi connectivity index (χ0v) is 10.1. The zero-order valence-electron chi connectivity index (χ0n) is 9.27. The van der Waals surface area contributed by atoms with Gasteiger partial charge in [-0.25, -0.2) is 8.42 Å². The molecular weight excluding hydrogens is 210 g/mol. The van der Waals surface area contributed by atoms with Gasteiger partial charge in [-0.1, -0.05) is 43.7 Å². The molecule has 0 N–H and O–H groups in total. The van der Waals surface area contributed by atoms with Crippen LogP contribution in [0, 0.1) is 0 Å². The van der Waals surface area contributed by atoms with Gasteiger partial charge in [-0.2, -0.15) is 0 Å². The number of rotatable bonds is 4. The van der Waals surface area contributed by atoms with Gasteiger partial charge in [0.15, 0.2) is 0 Å². The van der Waals surface area contributed by atoms with Crippen molar-refractivity contribution in [2.24, 2.45) is 0 Å². The molecule has 4 heteroatoms. The van der Waals surface area contributed by atoms with Gasteiger partial charge in [-0.15, -0.1) is 5.69 Å². The average Bonchev–Trinajstić information content (AvgIpc) is 2.15. The minimum Gasteiger partial charge on any atom is -0.577 e. The quantitative estimate of drug-likeness (QED) is 0.791. The molecule has 1 aromatic carbocycles. The number of hydrogen-bond donors (Lipinski definition) is 0. The molecule has 0 aromatic heterocycles. The molecule has 15 heavy (non-hydrogen) atoms. The number of nitrogens with zero attached hydrogens (tertiary/aromatic N) is 1. The molecular formula is C11H16NO2S-. The second-order valence-corrected chi connectivity index (χ2v) is 5.34. The smallest absolute Gasteiger partial charge is 0.0908 e. The first-order valence-electron chi connectivity index (χ1n) is 4.96. The van der Waals surface area contributed by atoms with Gasteiger partial charge in [-0.05, 0) is 12.3 Å². The molecule has 0 radical (unpaired) electrons. The molecule has 0 fully saturated rings. The summed E-state index contributed by atoms with van der Waals surface area (Å²) in [6.45, 7) is 4.14. The normalized spacial score (nSPS) is 13.5. The van der Waals surface area contributed by atoms with Gasteiger partial charge in [0.2, 0.25) is 0 Å². The Bertz CT molecular complexity index is 426. The third kappa shape index (κ3) is 3.55. The van der Waals surface area contributed by atoms with E-state index in [-0.39, 0.29) is 0 Å². The zero-order chi connectivity index (χ0) is 11.5. The van der Waals surface area contributed by atoms with Crippen LogP contribution in [0.5, 0.6) is 0 Å². The van der Waals surface area contributed by atoms with E-state index in [0.29, 0.717) is 11.6 Å². The summed E-state index contributed by atoms with van der Waals surface area (Å²) < 4.78 is 25.9. The fraction of sp³-hybridized carbons (Fsp3) is 0.455. The molecule has 3 nitrogen and oxygen atoms in total. The minimum absolute atomic E-state index is 0.326. The summed E-state index contributed by atoms with van der Waals surface area (Å²) in [5, 5.41) is 0. The highest BCUT2D eigenvalue weighted by Crippen LogP contribution is 2.32. The molecule has 1 rings (SSSR count). The number of benzene rings is 1. The van der Waals surface area contributed by atoms with Gasteiger partial charge < -0.3 is 4.72 Å². The molecule has 0 heterocycles. The van der Waals surface area contributed by atoms with Crippen molar-refractivity contribution in [2.75, 3.05) is 6.26 Å². The summed E-state index contributed by atoms with van der Waals surface area (Å²) >= 11 is 0. The van der Waals surface area contributed by atoms with Crippen molar-refractivity contribution in [3.05, 3.63) is 34.6 Å². The summed E-state index contributed by atoms with van der Waals surface area (Å²) in [4.78, 5) is 0. The second-order valence-electron chi connectivity index (χ2n) is 3.69. The van der Waals surface area contributed by atoms with E-state index in [4.69, 9.17) is 0 Å². The maximum absolute atomic E-state index is 11.1. The molecule has 0 saturated carbocycles. The van der Waals surface area contributed by atoms with Crippen molar-refractivity contribution < 1.29 is 8.42 Å². The molecule has 0 bridgehead atoms. The SMILES string of the molecule is CCC(C)c1ccccc1[N-]S(C)(=O)=O. The maximum Gasteiger partial charge on any atom is 0.0908 e.